The molecule has 1 N–H and O–H groups in total. The summed E-state index contributed by atoms with van der Waals surface area (Å²) in [6.45, 7) is 1.91. The third-order valence-corrected chi connectivity index (χ3v) is 3.50. The van der Waals surface area contributed by atoms with Crippen molar-refractivity contribution in [3.63, 3.8) is 0 Å². The van der Waals surface area contributed by atoms with Gasteiger partial charge in [0.2, 0.25) is 0 Å². The van der Waals surface area contributed by atoms with Gasteiger partial charge in [-0.3, -0.25) is 4.79 Å². The van der Waals surface area contributed by atoms with E-state index in [1.165, 1.54) is 6.07 Å². The smallest absolute Gasteiger partial charge is 0.256 e. The first-order valence-electron chi connectivity index (χ1n) is 6.98. The minimum absolute atomic E-state index is 0.0179. The molecular formula is C15H14F2N4O. The van der Waals surface area contributed by atoms with Crippen molar-refractivity contribution in [1.82, 2.24) is 10.2 Å². The number of anilines is 2. The molecule has 0 aliphatic carbocycles. The number of carbonyl (C=O) groups excluding carboxylic acids is 1. The van der Waals surface area contributed by atoms with Crippen LogP contribution in [0.2, 0.25) is 0 Å². The molecule has 0 unspecified atom stereocenters. The molecule has 3 rings (SSSR count). The Hall–Kier alpha value is -2.57. The van der Waals surface area contributed by atoms with Crippen molar-refractivity contribution < 1.29 is 13.6 Å². The van der Waals surface area contributed by atoms with Gasteiger partial charge in [0.05, 0.1) is 0 Å². The molecule has 1 saturated heterocycles. The summed E-state index contributed by atoms with van der Waals surface area (Å²) < 4.78 is 26.0. The molecule has 0 atom stereocenters. The average molecular weight is 304 g/mol. The van der Waals surface area contributed by atoms with Crippen molar-refractivity contribution >= 4 is 17.5 Å². The number of benzene rings is 1. The zero-order valence-corrected chi connectivity index (χ0v) is 11.7. The zero-order chi connectivity index (χ0) is 15.5. The molecule has 1 aliphatic rings. The lowest BCUT2D eigenvalue weighted by atomic mass is 10.2. The van der Waals surface area contributed by atoms with E-state index in [-0.39, 0.29) is 11.4 Å². The van der Waals surface area contributed by atoms with E-state index in [9.17, 15) is 13.6 Å². The van der Waals surface area contributed by atoms with Crippen LogP contribution in [0.25, 0.3) is 0 Å². The topological polar surface area (TPSA) is 58.1 Å². The highest BCUT2D eigenvalue weighted by atomic mass is 19.2. The lowest BCUT2D eigenvalue weighted by Crippen LogP contribution is -2.20. The highest BCUT2D eigenvalue weighted by Gasteiger charge is 2.15. The molecule has 5 nitrogen and oxygen atoms in total. The maximum Gasteiger partial charge on any atom is 0.256 e. The summed E-state index contributed by atoms with van der Waals surface area (Å²) >= 11 is 0. The second-order valence-corrected chi connectivity index (χ2v) is 5.05. The number of hydrogen-bond acceptors (Lipinski definition) is 4. The highest BCUT2D eigenvalue weighted by Crippen LogP contribution is 2.18. The third kappa shape index (κ3) is 3.03. The molecule has 114 valence electrons. The van der Waals surface area contributed by atoms with Gasteiger partial charge in [0.25, 0.3) is 5.91 Å². The van der Waals surface area contributed by atoms with E-state index in [0.29, 0.717) is 0 Å². The molecule has 0 spiro atoms. The van der Waals surface area contributed by atoms with E-state index < -0.39 is 17.5 Å². The number of aromatic nitrogens is 2. The van der Waals surface area contributed by atoms with Crippen LogP contribution in [-0.2, 0) is 0 Å². The summed E-state index contributed by atoms with van der Waals surface area (Å²) in [5, 5.41) is 10.5. The maximum absolute atomic E-state index is 13.1. The summed E-state index contributed by atoms with van der Waals surface area (Å²) in [6.07, 6.45) is 2.27. The average Bonchev–Trinajstić information content (AvgIpc) is 3.05. The van der Waals surface area contributed by atoms with Gasteiger partial charge in [-0.05, 0) is 43.2 Å². The highest BCUT2D eigenvalue weighted by molar-refractivity contribution is 6.03. The number of nitrogens with one attached hydrogen (secondary N) is 1. The number of halogens is 2. The van der Waals surface area contributed by atoms with Crippen molar-refractivity contribution in [2.75, 3.05) is 23.3 Å². The Labute approximate surface area is 126 Å². The number of amides is 1. The van der Waals surface area contributed by atoms with Gasteiger partial charge in [0.15, 0.2) is 23.3 Å². The molecule has 22 heavy (non-hydrogen) atoms. The minimum Gasteiger partial charge on any atom is -0.355 e. The predicted octanol–water partition coefficient (Wildman–Crippen LogP) is 2.61. The van der Waals surface area contributed by atoms with Gasteiger partial charge < -0.3 is 10.2 Å². The maximum atomic E-state index is 13.1. The summed E-state index contributed by atoms with van der Waals surface area (Å²) in [5.74, 6) is -1.60. The fraction of sp³-hybridized carbons (Fsp3) is 0.267. The molecule has 1 aromatic heterocycles. The van der Waals surface area contributed by atoms with Crippen LogP contribution in [0.3, 0.4) is 0 Å². The molecule has 0 saturated carbocycles. The van der Waals surface area contributed by atoms with Crippen molar-refractivity contribution in [2.24, 2.45) is 0 Å². The number of rotatable bonds is 3. The van der Waals surface area contributed by atoms with Gasteiger partial charge in [-0.2, -0.15) is 0 Å². The molecule has 7 heteroatoms. The van der Waals surface area contributed by atoms with Crippen molar-refractivity contribution in [2.45, 2.75) is 12.8 Å². The molecule has 2 heterocycles. The Bertz CT molecular complexity index is 684. The number of hydrogen-bond donors (Lipinski definition) is 1. The van der Waals surface area contributed by atoms with E-state index in [4.69, 9.17) is 0 Å². The lowest BCUT2D eigenvalue weighted by molar-refractivity contribution is 0.102. The van der Waals surface area contributed by atoms with Crippen LogP contribution in [0, 0.1) is 11.6 Å². The van der Waals surface area contributed by atoms with Gasteiger partial charge in [-0.25, -0.2) is 8.78 Å². The summed E-state index contributed by atoms with van der Waals surface area (Å²) in [4.78, 5) is 14.1. The second-order valence-electron chi connectivity index (χ2n) is 5.05. The lowest BCUT2D eigenvalue weighted by Gasteiger charge is -2.15. The van der Waals surface area contributed by atoms with Crippen LogP contribution >= 0.6 is 0 Å². The molecule has 2 aromatic rings. The molecule has 0 bridgehead atoms. The molecule has 0 radical (unpaired) electrons. The Morgan fingerprint density at radius 3 is 2.45 bits per heavy atom. The Morgan fingerprint density at radius 1 is 1.05 bits per heavy atom. The Morgan fingerprint density at radius 2 is 1.82 bits per heavy atom. The van der Waals surface area contributed by atoms with Crippen LogP contribution in [0.4, 0.5) is 20.4 Å². The fourth-order valence-electron chi connectivity index (χ4n) is 2.33. The van der Waals surface area contributed by atoms with Crippen LogP contribution in [0.15, 0.2) is 30.3 Å². The first-order valence-corrected chi connectivity index (χ1v) is 6.98. The first kappa shape index (κ1) is 14.4. The van der Waals surface area contributed by atoms with Gasteiger partial charge in [0, 0.05) is 18.7 Å². The van der Waals surface area contributed by atoms with Crippen LogP contribution in [0.5, 0.6) is 0 Å². The van der Waals surface area contributed by atoms with Crippen molar-refractivity contribution in [3.05, 3.63) is 47.5 Å². The number of carbonyl (C=O) groups is 1. The molecule has 1 aromatic carbocycles. The Balaban J connectivity index is 1.69. The summed E-state index contributed by atoms with van der Waals surface area (Å²) in [7, 11) is 0. The van der Waals surface area contributed by atoms with Crippen LogP contribution in [0.1, 0.15) is 23.2 Å². The minimum atomic E-state index is -1.07. The summed E-state index contributed by atoms with van der Waals surface area (Å²) in [6, 6.07) is 6.38. The predicted molar refractivity (Wildman–Crippen MR) is 77.8 cm³/mol. The fourth-order valence-corrected chi connectivity index (χ4v) is 2.33. The Kier molecular flexibility index (Phi) is 3.95. The standard InChI is InChI=1S/C15H14F2N4O/c16-11-4-3-10(9-12(11)17)15(22)18-13-5-6-14(20-19-13)21-7-1-2-8-21/h3-6,9H,1-2,7-8H2,(H,18,19,22). The normalized spacial score (nSPS) is 14.2. The van der Waals surface area contributed by atoms with E-state index >= 15 is 0 Å². The molecule has 1 fully saturated rings. The SMILES string of the molecule is O=C(Nc1ccc(N2CCCC2)nn1)c1ccc(F)c(F)c1. The second kappa shape index (κ2) is 6.05. The van der Waals surface area contributed by atoms with Gasteiger partial charge in [0.1, 0.15) is 0 Å². The van der Waals surface area contributed by atoms with Crippen molar-refractivity contribution in [3.8, 4) is 0 Å². The first-order chi connectivity index (χ1) is 10.6. The quantitative estimate of drug-likeness (QED) is 0.947. The van der Waals surface area contributed by atoms with E-state index in [1.807, 2.05) is 0 Å². The van der Waals surface area contributed by atoms with Gasteiger partial charge in [-0.1, -0.05) is 0 Å². The molecular weight excluding hydrogens is 290 g/mol. The monoisotopic (exact) mass is 304 g/mol. The van der Waals surface area contributed by atoms with E-state index in [2.05, 4.69) is 20.4 Å². The van der Waals surface area contributed by atoms with Crippen LogP contribution in [-0.4, -0.2) is 29.2 Å². The van der Waals surface area contributed by atoms with E-state index in [0.717, 1.165) is 43.9 Å². The van der Waals surface area contributed by atoms with Gasteiger partial charge >= 0.3 is 0 Å². The van der Waals surface area contributed by atoms with Crippen molar-refractivity contribution in [1.29, 1.82) is 0 Å². The van der Waals surface area contributed by atoms with Gasteiger partial charge in [-0.15, -0.1) is 10.2 Å². The third-order valence-electron chi connectivity index (χ3n) is 3.50. The summed E-state index contributed by atoms with van der Waals surface area (Å²) in [5.41, 5.74) is 0.0179. The number of nitrogens with zero attached hydrogens (tertiary/aromatic N) is 3. The zero-order valence-electron chi connectivity index (χ0n) is 11.7. The molecule has 1 aliphatic heterocycles. The van der Waals surface area contributed by atoms with Crippen LogP contribution < -0.4 is 10.2 Å². The molecule has 1 amide bonds. The van der Waals surface area contributed by atoms with E-state index in [1.54, 1.807) is 12.1 Å². The largest absolute Gasteiger partial charge is 0.355 e.